The van der Waals surface area contributed by atoms with Crippen molar-refractivity contribution >= 4 is 11.3 Å². The van der Waals surface area contributed by atoms with E-state index in [0.29, 0.717) is 0 Å². The van der Waals surface area contributed by atoms with Crippen LogP contribution in [0.4, 0.5) is 0 Å². The smallest absolute Gasteiger partial charge is 0.0945 e. The highest BCUT2D eigenvalue weighted by Gasteiger charge is 2.03. The molecular formula is C13H16N2S. The van der Waals surface area contributed by atoms with Crippen molar-refractivity contribution in [1.82, 2.24) is 10.3 Å². The minimum Gasteiger partial charge on any atom is -0.319 e. The second-order valence-corrected chi connectivity index (χ2v) is 4.79. The summed E-state index contributed by atoms with van der Waals surface area (Å²) in [6, 6.07) is 8.48. The molecule has 1 aromatic carbocycles. The average Bonchev–Trinajstić information content (AvgIpc) is 2.75. The van der Waals surface area contributed by atoms with Crippen LogP contribution < -0.4 is 5.32 Å². The second kappa shape index (κ2) is 5.23. The van der Waals surface area contributed by atoms with Gasteiger partial charge in [0.1, 0.15) is 0 Å². The second-order valence-electron chi connectivity index (χ2n) is 3.85. The molecule has 0 saturated carbocycles. The van der Waals surface area contributed by atoms with Crippen molar-refractivity contribution in [3.63, 3.8) is 0 Å². The summed E-state index contributed by atoms with van der Waals surface area (Å²) in [5, 5.41) is 6.48. The lowest BCUT2D eigenvalue weighted by Crippen LogP contribution is -2.09. The molecule has 0 atom stereocenters. The van der Waals surface area contributed by atoms with Gasteiger partial charge >= 0.3 is 0 Å². The zero-order chi connectivity index (χ0) is 11.4. The van der Waals surface area contributed by atoms with Gasteiger partial charge in [0.2, 0.25) is 0 Å². The first-order valence-corrected chi connectivity index (χ1v) is 6.33. The Morgan fingerprint density at radius 3 is 3.00 bits per heavy atom. The number of benzene rings is 1. The van der Waals surface area contributed by atoms with E-state index in [-0.39, 0.29) is 0 Å². The molecule has 1 N–H and O–H groups in total. The minimum atomic E-state index is 0.987. The first-order valence-electron chi connectivity index (χ1n) is 5.45. The largest absolute Gasteiger partial charge is 0.319 e. The van der Waals surface area contributed by atoms with Gasteiger partial charge in [-0.1, -0.05) is 23.8 Å². The number of nitrogens with one attached hydrogen (secondary N) is 1. The fraction of sp³-hybridized carbons (Fsp3) is 0.308. The van der Waals surface area contributed by atoms with Crippen molar-refractivity contribution in [3.8, 4) is 11.3 Å². The van der Waals surface area contributed by atoms with E-state index in [1.54, 1.807) is 11.3 Å². The highest BCUT2D eigenvalue weighted by atomic mass is 32.1. The molecule has 0 saturated heterocycles. The summed E-state index contributed by atoms with van der Waals surface area (Å²) in [5.74, 6) is 0. The van der Waals surface area contributed by atoms with E-state index in [0.717, 1.165) is 18.7 Å². The van der Waals surface area contributed by atoms with Crippen molar-refractivity contribution in [1.29, 1.82) is 0 Å². The molecule has 84 valence electrons. The van der Waals surface area contributed by atoms with Gasteiger partial charge in [0, 0.05) is 23.9 Å². The summed E-state index contributed by atoms with van der Waals surface area (Å²) < 4.78 is 0. The molecule has 0 radical (unpaired) electrons. The SMILES string of the molecule is CNCCc1nc(-c2cccc(C)c2)cs1. The van der Waals surface area contributed by atoms with E-state index in [1.165, 1.54) is 16.1 Å². The van der Waals surface area contributed by atoms with Crippen LogP contribution in [0.2, 0.25) is 0 Å². The maximum Gasteiger partial charge on any atom is 0.0945 e. The molecule has 0 bridgehead atoms. The third-order valence-electron chi connectivity index (χ3n) is 2.45. The van der Waals surface area contributed by atoms with Gasteiger partial charge < -0.3 is 5.32 Å². The maximum absolute atomic E-state index is 4.64. The number of aryl methyl sites for hydroxylation is 1. The van der Waals surface area contributed by atoms with E-state index >= 15 is 0 Å². The van der Waals surface area contributed by atoms with Gasteiger partial charge in [0.05, 0.1) is 10.7 Å². The summed E-state index contributed by atoms with van der Waals surface area (Å²) in [5.41, 5.74) is 3.59. The number of aromatic nitrogens is 1. The predicted octanol–water partition coefficient (Wildman–Crippen LogP) is 2.88. The molecule has 0 unspecified atom stereocenters. The number of thiazole rings is 1. The Balaban J connectivity index is 2.18. The molecule has 2 nitrogen and oxygen atoms in total. The minimum absolute atomic E-state index is 0.987. The Morgan fingerprint density at radius 2 is 2.25 bits per heavy atom. The van der Waals surface area contributed by atoms with Crippen LogP contribution in [0, 0.1) is 6.92 Å². The summed E-state index contributed by atoms with van der Waals surface area (Å²) in [7, 11) is 1.97. The van der Waals surface area contributed by atoms with Crippen LogP contribution in [-0.2, 0) is 6.42 Å². The fourth-order valence-corrected chi connectivity index (χ4v) is 2.40. The number of rotatable bonds is 4. The van der Waals surface area contributed by atoms with Gasteiger partial charge in [-0.05, 0) is 20.0 Å². The van der Waals surface area contributed by atoms with Crippen LogP contribution in [0.5, 0.6) is 0 Å². The lowest BCUT2D eigenvalue weighted by Gasteiger charge is -1.98. The first kappa shape index (κ1) is 11.3. The lowest BCUT2D eigenvalue weighted by atomic mass is 10.1. The van der Waals surface area contributed by atoms with Crippen molar-refractivity contribution in [3.05, 3.63) is 40.2 Å². The Bertz CT molecular complexity index is 462. The van der Waals surface area contributed by atoms with Gasteiger partial charge in [-0.15, -0.1) is 11.3 Å². The summed E-state index contributed by atoms with van der Waals surface area (Å²) in [4.78, 5) is 4.64. The van der Waals surface area contributed by atoms with Gasteiger partial charge in [-0.3, -0.25) is 0 Å². The molecule has 0 aliphatic carbocycles. The van der Waals surface area contributed by atoms with Crippen LogP contribution in [0.3, 0.4) is 0 Å². The van der Waals surface area contributed by atoms with Crippen molar-refractivity contribution < 1.29 is 0 Å². The highest BCUT2D eigenvalue weighted by molar-refractivity contribution is 7.09. The Morgan fingerprint density at radius 1 is 1.38 bits per heavy atom. The van der Waals surface area contributed by atoms with Crippen LogP contribution in [0.1, 0.15) is 10.6 Å². The van der Waals surface area contributed by atoms with E-state index in [9.17, 15) is 0 Å². The van der Waals surface area contributed by atoms with Crippen LogP contribution in [0.15, 0.2) is 29.6 Å². The molecule has 0 fully saturated rings. The van der Waals surface area contributed by atoms with E-state index in [1.807, 2.05) is 7.05 Å². The Labute approximate surface area is 100 Å². The maximum atomic E-state index is 4.64. The van der Waals surface area contributed by atoms with Crippen LogP contribution in [-0.4, -0.2) is 18.6 Å². The first-order chi connectivity index (χ1) is 7.79. The van der Waals surface area contributed by atoms with E-state index in [4.69, 9.17) is 0 Å². The Kier molecular flexibility index (Phi) is 3.70. The number of likely N-dealkylation sites (N-methyl/N-ethyl adjacent to an activating group) is 1. The van der Waals surface area contributed by atoms with E-state index < -0.39 is 0 Å². The summed E-state index contributed by atoms with van der Waals surface area (Å²) in [6.45, 7) is 3.10. The normalized spacial score (nSPS) is 10.6. The van der Waals surface area contributed by atoms with Gasteiger partial charge in [0.25, 0.3) is 0 Å². The van der Waals surface area contributed by atoms with Crippen molar-refractivity contribution in [2.24, 2.45) is 0 Å². The van der Waals surface area contributed by atoms with Crippen molar-refractivity contribution in [2.45, 2.75) is 13.3 Å². The molecule has 2 aromatic rings. The predicted molar refractivity (Wildman–Crippen MR) is 69.9 cm³/mol. The molecule has 3 heteroatoms. The van der Waals surface area contributed by atoms with Crippen LogP contribution >= 0.6 is 11.3 Å². The zero-order valence-electron chi connectivity index (χ0n) is 9.66. The van der Waals surface area contributed by atoms with E-state index in [2.05, 4.69) is 46.9 Å². The zero-order valence-corrected chi connectivity index (χ0v) is 10.5. The topological polar surface area (TPSA) is 24.9 Å². The fourth-order valence-electron chi connectivity index (χ4n) is 1.59. The Hall–Kier alpha value is -1.19. The highest BCUT2D eigenvalue weighted by Crippen LogP contribution is 2.22. The molecular weight excluding hydrogens is 216 g/mol. The van der Waals surface area contributed by atoms with Gasteiger partial charge in [-0.25, -0.2) is 4.98 Å². The lowest BCUT2D eigenvalue weighted by molar-refractivity contribution is 0.788. The number of hydrogen-bond donors (Lipinski definition) is 1. The standard InChI is InChI=1S/C13H16N2S/c1-10-4-3-5-11(8-10)12-9-16-13(15-12)6-7-14-2/h3-5,8-9,14H,6-7H2,1-2H3. The molecule has 0 aliphatic rings. The molecule has 0 spiro atoms. The molecule has 0 aliphatic heterocycles. The van der Waals surface area contributed by atoms with Crippen molar-refractivity contribution in [2.75, 3.05) is 13.6 Å². The quantitative estimate of drug-likeness (QED) is 0.876. The molecule has 1 heterocycles. The molecule has 0 amide bonds. The third kappa shape index (κ3) is 2.68. The van der Waals surface area contributed by atoms with Gasteiger partial charge in [0.15, 0.2) is 0 Å². The third-order valence-corrected chi connectivity index (χ3v) is 3.36. The number of nitrogens with zero attached hydrogens (tertiary/aromatic N) is 1. The molecule has 2 rings (SSSR count). The van der Waals surface area contributed by atoms with Gasteiger partial charge in [-0.2, -0.15) is 0 Å². The summed E-state index contributed by atoms with van der Waals surface area (Å²) in [6.07, 6.45) is 1.01. The number of hydrogen-bond acceptors (Lipinski definition) is 3. The monoisotopic (exact) mass is 232 g/mol. The van der Waals surface area contributed by atoms with Crippen LogP contribution in [0.25, 0.3) is 11.3 Å². The average molecular weight is 232 g/mol. The summed E-state index contributed by atoms with van der Waals surface area (Å²) >= 11 is 1.74. The molecule has 16 heavy (non-hydrogen) atoms. The molecule has 1 aromatic heterocycles.